The van der Waals surface area contributed by atoms with Crippen LogP contribution in [0.1, 0.15) is 19.4 Å². The van der Waals surface area contributed by atoms with Crippen LogP contribution in [0.3, 0.4) is 0 Å². The smallest absolute Gasteiger partial charge is 0.372 e. The van der Waals surface area contributed by atoms with E-state index in [9.17, 15) is 13.2 Å². The van der Waals surface area contributed by atoms with E-state index < -0.39 is 12.8 Å². The van der Waals surface area contributed by atoms with E-state index in [-0.39, 0.29) is 18.6 Å². The summed E-state index contributed by atoms with van der Waals surface area (Å²) in [7, 11) is 0. The van der Waals surface area contributed by atoms with Crippen molar-refractivity contribution in [1.82, 2.24) is 5.32 Å². The van der Waals surface area contributed by atoms with Crippen molar-refractivity contribution in [2.45, 2.75) is 32.5 Å². The van der Waals surface area contributed by atoms with Gasteiger partial charge in [-0.15, -0.1) is 0 Å². The molecular formula is C15H21ClF3NO. The van der Waals surface area contributed by atoms with E-state index in [0.717, 1.165) is 5.56 Å². The number of alkyl halides is 3. The Morgan fingerprint density at radius 1 is 1.24 bits per heavy atom. The molecule has 0 amide bonds. The highest BCUT2D eigenvalue weighted by Crippen LogP contribution is 2.20. The molecule has 1 unspecified atom stereocenters. The van der Waals surface area contributed by atoms with E-state index in [1.165, 1.54) is 0 Å². The lowest BCUT2D eigenvalue weighted by molar-refractivity contribution is -0.176. The molecule has 1 aromatic rings. The zero-order valence-corrected chi connectivity index (χ0v) is 13.0. The van der Waals surface area contributed by atoms with E-state index in [4.69, 9.17) is 16.3 Å². The van der Waals surface area contributed by atoms with Crippen molar-refractivity contribution in [3.8, 4) is 0 Å². The number of hydrogen-bond acceptors (Lipinski definition) is 2. The van der Waals surface area contributed by atoms with E-state index in [0.29, 0.717) is 18.0 Å². The molecule has 0 aliphatic heterocycles. The Balaban J connectivity index is 2.57. The second-order valence-corrected chi connectivity index (χ2v) is 5.76. The normalized spacial score (nSPS) is 13.7. The molecule has 120 valence electrons. The maximum Gasteiger partial charge on any atom is 0.411 e. The molecule has 0 fully saturated rings. The highest BCUT2D eigenvalue weighted by atomic mass is 35.5. The van der Waals surface area contributed by atoms with Crippen molar-refractivity contribution >= 4 is 11.6 Å². The summed E-state index contributed by atoms with van der Waals surface area (Å²) < 4.78 is 41.2. The van der Waals surface area contributed by atoms with Gasteiger partial charge in [0.05, 0.1) is 6.61 Å². The first-order valence-electron chi connectivity index (χ1n) is 6.89. The second-order valence-electron chi connectivity index (χ2n) is 5.35. The van der Waals surface area contributed by atoms with Gasteiger partial charge in [0, 0.05) is 17.6 Å². The summed E-state index contributed by atoms with van der Waals surface area (Å²) >= 11 is 6.10. The van der Waals surface area contributed by atoms with Crippen molar-refractivity contribution in [3.05, 3.63) is 34.9 Å². The molecule has 0 spiro atoms. The van der Waals surface area contributed by atoms with E-state index in [2.05, 4.69) is 5.32 Å². The van der Waals surface area contributed by atoms with Crippen LogP contribution in [0.25, 0.3) is 0 Å². The number of halogens is 4. The number of ether oxygens (including phenoxy) is 1. The Labute approximate surface area is 128 Å². The molecular weight excluding hydrogens is 303 g/mol. The molecule has 21 heavy (non-hydrogen) atoms. The summed E-state index contributed by atoms with van der Waals surface area (Å²) in [5.41, 5.74) is 0.922. The van der Waals surface area contributed by atoms with Crippen molar-refractivity contribution in [2.75, 3.05) is 19.8 Å². The van der Waals surface area contributed by atoms with Crippen LogP contribution >= 0.6 is 11.6 Å². The van der Waals surface area contributed by atoms with Crippen molar-refractivity contribution < 1.29 is 17.9 Å². The van der Waals surface area contributed by atoms with Gasteiger partial charge >= 0.3 is 6.18 Å². The molecule has 0 radical (unpaired) electrons. The third kappa shape index (κ3) is 8.29. The lowest BCUT2D eigenvalue weighted by atomic mass is 9.99. The minimum absolute atomic E-state index is 0.0461. The fourth-order valence-corrected chi connectivity index (χ4v) is 2.12. The Morgan fingerprint density at radius 2 is 1.90 bits per heavy atom. The molecule has 0 saturated heterocycles. The van der Waals surface area contributed by atoms with E-state index in [1.807, 2.05) is 32.0 Å². The van der Waals surface area contributed by atoms with Gasteiger partial charge in [-0.2, -0.15) is 13.2 Å². The monoisotopic (exact) mass is 323 g/mol. The van der Waals surface area contributed by atoms with Gasteiger partial charge in [0.2, 0.25) is 0 Å². The molecule has 1 N–H and O–H groups in total. The predicted octanol–water partition coefficient (Wildman–Crippen LogP) is 4.08. The molecule has 1 aromatic carbocycles. The first kappa shape index (κ1) is 18.3. The molecule has 1 rings (SSSR count). The molecule has 0 saturated carbocycles. The average Bonchev–Trinajstić information content (AvgIpc) is 2.36. The van der Waals surface area contributed by atoms with E-state index >= 15 is 0 Å². The average molecular weight is 324 g/mol. The van der Waals surface area contributed by atoms with Crippen molar-refractivity contribution in [2.24, 2.45) is 5.92 Å². The fourth-order valence-electron chi connectivity index (χ4n) is 1.91. The minimum Gasteiger partial charge on any atom is -0.372 e. The quantitative estimate of drug-likeness (QED) is 0.778. The highest BCUT2D eigenvalue weighted by Gasteiger charge is 2.28. The SMILES string of the molecule is CC(C)NCC(COCC(F)(F)F)Cc1ccccc1Cl. The number of benzene rings is 1. The second kappa shape index (κ2) is 8.61. The van der Waals surface area contributed by atoms with E-state index in [1.54, 1.807) is 6.07 Å². The lowest BCUT2D eigenvalue weighted by Crippen LogP contribution is -2.33. The Hall–Kier alpha value is -0.780. The van der Waals surface area contributed by atoms with Crippen LogP contribution in [0.4, 0.5) is 13.2 Å². The van der Waals surface area contributed by atoms with Crippen LogP contribution in [0.2, 0.25) is 5.02 Å². The number of rotatable bonds is 8. The van der Waals surface area contributed by atoms with Gasteiger partial charge in [-0.25, -0.2) is 0 Å². The number of hydrogen-bond donors (Lipinski definition) is 1. The third-order valence-electron chi connectivity index (χ3n) is 2.90. The summed E-state index contributed by atoms with van der Waals surface area (Å²) in [6, 6.07) is 7.62. The minimum atomic E-state index is -4.29. The zero-order valence-electron chi connectivity index (χ0n) is 12.2. The predicted molar refractivity (Wildman–Crippen MR) is 78.7 cm³/mol. The zero-order chi connectivity index (χ0) is 15.9. The van der Waals surface area contributed by atoms with Gasteiger partial charge in [-0.05, 0) is 24.0 Å². The first-order valence-corrected chi connectivity index (χ1v) is 7.27. The molecule has 0 aliphatic carbocycles. The maximum atomic E-state index is 12.1. The van der Waals surface area contributed by atoms with Gasteiger partial charge in [0.1, 0.15) is 6.61 Å². The van der Waals surface area contributed by atoms with Crippen LogP contribution in [-0.4, -0.2) is 32.0 Å². The summed E-state index contributed by atoms with van der Waals surface area (Å²) in [6.07, 6.45) is -3.71. The van der Waals surface area contributed by atoms with Gasteiger partial charge in [-0.1, -0.05) is 43.6 Å². The van der Waals surface area contributed by atoms with Gasteiger partial charge < -0.3 is 10.1 Å². The number of nitrogens with one attached hydrogen (secondary N) is 1. The molecule has 0 aromatic heterocycles. The molecule has 0 heterocycles. The Kier molecular flexibility index (Phi) is 7.49. The van der Waals surface area contributed by atoms with Gasteiger partial charge in [-0.3, -0.25) is 0 Å². The topological polar surface area (TPSA) is 21.3 Å². The van der Waals surface area contributed by atoms with Crippen LogP contribution < -0.4 is 5.32 Å². The molecule has 0 bridgehead atoms. The van der Waals surface area contributed by atoms with Crippen LogP contribution in [-0.2, 0) is 11.2 Å². The van der Waals surface area contributed by atoms with Gasteiger partial charge in [0.25, 0.3) is 0 Å². The molecule has 1 atom stereocenters. The third-order valence-corrected chi connectivity index (χ3v) is 3.27. The first-order chi connectivity index (χ1) is 9.78. The summed E-state index contributed by atoms with van der Waals surface area (Å²) in [4.78, 5) is 0. The van der Waals surface area contributed by atoms with Gasteiger partial charge in [0.15, 0.2) is 0 Å². The largest absolute Gasteiger partial charge is 0.411 e. The summed E-state index contributed by atoms with van der Waals surface area (Å²) in [6.45, 7) is 3.39. The van der Waals surface area contributed by atoms with Crippen molar-refractivity contribution in [1.29, 1.82) is 0 Å². The van der Waals surface area contributed by atoms with Crippen LogP contribution in [0, 0.1) is 5.92 Å². The molecule has 6 heteroatoms. The standard InChI is InChI=1S/C15H21ClF3NO/c1-11(2)20-8-12(9-21-10-15(17,18)19)7-13-5-3-4-6-14(13)16/h3-6,11-12,20H,7-10H2,1-2H3. The van der Waals surface area contributed by atoms with Crippen LogP contribution in [0.15, 0.2) is 24.3 Å². The lowest BCUT2D eigenvalue weighted by Gasteiger charge is -2.20. The Morgan fingerprint density at radius 3 is 2.48 bits per heavy atom. The van der Waals surface area contributed by atoms with Crippen molar-refractivity contribution in [3.63, 3.8) is 0 Å². The fraction of sp³-hybridized carbons (Fsp3) is 0.600. The highest BCUT2D eigenvalue weighted by molar-refractivity contribution is 6.31. The summed E-state index contributed by atoms with van der Waals surface area (Å²) in [5.74, 6) is -0.0605. The van der Waals surface area contributed by atoms with Crippen LogP contribution in [0.5, 0.6) is 0 Å². The molecule has 0 aliphatic rings. The molecule has 2 nitrogen and oxygen atoms in total. The maximum absolute atomic E-state index is 12.1. The summed E-state index contributed by atoms with van der Waals surface area (Å²) in [5, 5.41) is 3.86. The Bertz CT molecular complexity index is 424.